The highest BCUT2D eigenvalue weighted by Gasteiger charge is 2.70. The fraction of sp³-hybridized carbons (Fsp3) is 0.375. The fourth-order valence-corrected chi connectivity index (χ4v) is 1.38. The first-order valence-corrected chi connectivity index (χ1v) is 3.51. The number of allylic oxidation sites excluding steroid dienone is 1. The summed E-state index contributed by atoms with van der Waals surface area (Å²) in [6.45, 7) is 0. The average Bonchev–Trinajstić information content (AvgIpc) is 2.75. The van der Waals surface area contributed by atoms with Gasteiger partial charge < -0.3 is 14.6 Å². The van der Waals surface area contributed by atoms with Crippen molar-refractivity contribution in [3.05, 3.63) is 24.0 Å². The van der Waals surface area contributed by atoms with E-state index in [-0.39, 0.29) is 5.76 Å². The molecule has 4 heteroatoms. The van der Waals surface area contributed by atoms with Crippen LogP contribution in [0, 0.1) is 0 Å². The van der Waals surface area contributed by atoms with Gasteiger partial charge in [-0.3, -0.25) is 4.79 Å². The smallest absolute Gasteiger partial charge is 0.234 e. The first kappa shape index (κ1) is 7.52. The molecule has 0 amide bonds. The topological polar surface area (TPSA) is 59.1 Å². The van der Waals surface area contributed by atoms with Crippen LogP contribution in [0.25, 0.3) is 0 Å². The Hall–Kier alpha value is -1.13. The Morgan fingerprint density at radius 1 is 1.75 bits per heavy atom. The Bertz CT molecular complexity index is 293. The van der Waals surface area contributed by atoms with E-state index in [1.807, 2.05) is 0 Å². The molecule has 0 aromatic carbocycles. The molecule has 2 rings (SSSR count). The zero-order valence-corrected chi connectivity index (χ0v) is 6.48. The van der Waals surface area contributed by atoms with Crippen molar-refractivity contribution < 1.29 is 19.4 Å². The molecule has 2 atom stereocenters. The number of aldehydes is 1. The standard InChI is InChI=1S/C8H8O4/c1-11-8-4-6(10)2-3-7(8,5-9)12-8/h2-5,10H,1H3. The van der Waals surface area contributed by atoms with E-state index in [0.717, 1.165) is 0 Å². The summed E-state index contributed by atoms with van der Waals surface area (Å²) in [4.78, 5) is 10.6. The van der Waals surface area contributed by atoms with Gasteiger partial charge in [0.2, 0.25) is 11.4 Å². The largest absolute Gasteiger partial charge is 0.508 e. The molecule has 1 saturated heterocycles. The van der Waals surface area contributed by atoms with Gasteiger partial charge in [0.05, 0.1) is 0 Å². The average molecular weight is 168 g/mol. The van der Waals surface area contributed by atoms with Gasteiger partial charge >= 0.3 is 0 Å². The number of fused-ring (bicyclic) bond motifs is 1. The zero-order chi connectivity index (χ0) is 8.82. The van der Waals surface area contributed by atoms with E-state index < -0.39 is 11.4 Å². The number of ether oxygens (including phenoxy) is 2. The molecule has 0 aromatic heterocycles. The van der Waals surface area contributed by atoms with Crippen LogP contribution < -0.4 is 0 Å². The van der Waals surface area contributed by atoms with Crippen molar-refractivity contribution in [2.45, 2.75) is 11.4 Å². The number of hydrogen-bond donors (Lipinski definition) is 1. The van der Waals surface area contributed by atoms with Gasteiger partial charge in [0.15, 0.2) is 6.29 Å². The molecule has 0 saturated carbocycles. The molecule has 1 N–H and O–H groups in total. The lowest BCUT2D eigenvalue weighted by Crippen LogP contribution is -2.28. The molecular weight excluding hydrogens is 160 g/mol. The minimum Gasteiger partial charge on any atom is -0.508 e. The minimum absolute atomic E-state index is 0.0480. The summed E-state index contributed by atoms with van der Waals surface area (Å²) < 4.78 is 10.1. The quantitative estimate of drug-likeness (QED) is 0.476. The number of aliphatic hydroxyl groups excluding tert-OH is 1. The predicted octanol–water partition coefficient (Wildman–Crippen LogP) is 0.309. The maximum atomic E-state index is 10.6. The molecule has 1 aliphatic heterocycles. The lowest BCUT2D eigenvalue weighted by Gasteiger charge is -2.11. The number of carbonyl (C=O) groups is 1. The fourth-order valence-electron chi connectivity index (χ4n) is 1.38. The molecular formula is C8H8O4. The number of rotatable bonds is 2. The van der Waals surface area contributed by atoms with E-state index in [4.69, 9.17) is 14.6 Å². The molecule has 1 heterocycles. The maximum absolute atomic E-state index is 10.6. The summed E-state index contributed by atoms with van der Waals surface area (Å²) in [5, 5.41) is 9.11. The summed E-state index contributed by atoms with van der Waals surface area (Å²) in [6, 6.07) is 0. The highest BCUT2D eigenvalue weighted by molar-refractivity contribution is 5.75. The van der Waals surface area contributed by atoms with E-state index in [2.05, 4.69) is 0 Å². The zero-order valence-electron chi connectivity index (χ0n) is 6.48. The Kier molecular flexibility index (Phi) is 1.23. The van der Waals surface area contributed by atoms with Crippen LogP contribution in [0.3, 0.4) is 0 Å². The van der Waals surface area contributed by atoms with Crippen LogP contribution in [0.5, 0.6) is 0 Å². The molecule has 12 heavy (non-hydrogen) atoms. The number of carbonyl (C=O) groups excluding carboxylic acids is 1. The van der Waals surface area contributed by atoms with Crippen molar-refractivity contribution in [3.8, 4) is 0 Å². The lowest BCUT2D eigenvalue weighted by atomic mass is 9.98. The van der Waals surface area contributed by atoms with Crippen molar-refractivity contribution in [2.75, 3.05) is 7.11 Å². The summed E-state index contributed by atoms with van der Waals surface area (Å²) in [5.74, 6) is -1.01. The maximum Gasteiger partial charge on any atom is 0.234 e. The first-order valence-electron chi connectivity index (χ1n) is 3.51. The Morgan fingerprint density at radius 2 is 2.50 bits per heavy atom. The molecule has 64 valence electrons. The monoisotopic (exact) mass is 168 g/mol. The first-order chi connectivity index (χ1) is 5.68. The number of aliphatic hydroxyl groups is 1. The molecule has 0 aromatic rings. The second-order valence-corrected chi connectivity index (χ2v) is 2.79. The number of hydrogen-bond acceptors (Lipinski definition) is 4. The van der Waals surface area contributed by atoms with Gasteiger partial charge in [0.1, 0.15) is 5.76 Å². The molecule has 0 radical (unpaired) electrons. The number of epoxide rings is 1. The van der Waals surface area contributed by atoms with Crippen molar-refractivity contribution in [1.82, 2.24) is 0 Å². The second kappa shape index (κ2) is 1.97. The molecule has 0 spiro atoms. The lowest BCUT2D eigenvalue weighted by molar-refractivity contribution is -0.111. The predicted molar refractivity (Wildman–Crippen MR) is 39.5 cm³/mol. The van der Waals surface area contributed by atoms with Crippen molar-refractivity contribution in [1.29, 1.82) is 0 Å². The van der Waals surface area contributed by atoms with Gasteiger partial charge in [-0.2, -0.15) is 0 Å². The molecule has 4 nitrogen and oxygen atoms in total. The highest BCUT2D eigenvalue weighted by atomic mass is 16.8. The van der Waals surface area contributed by atoms with Gasteiger partial charge in [-0.05, 0) is 12.2 Å². The third-order valence-corrected chi connectivity index (χ3v) is 2.14. The highest BCUT2D eigenvalue weighted by Crippen LogP contribution is 2.51. The van der Waals surface area contributed by atoms with Gasteiger partial charge in [-0.15, -0.1) is 0 Å². The van der Waals surface area contributed by atoms with Crippen LogP contribution in [0.15, 0.2) is 24.0 Å². The minimum atomic E-state index is -1.06. The summed E-state index contributed by atoms with van der Waals surface area (Å²) in [5.41, 5.74) is -1.01. The van der Waals surface area contributed by atoms with Crippen LogP contribution in [0.2, 0.25) is 0 Å². The van der Waals surface area contributed by atoms with Gasteiger partial charge in [-0.25, -0.2) is 0 Å². The van der Waals surface area contributed by atoms with E-state index in [1.54, 1.807) is 0 Å². The Balaban J connectivity index is 2.39. The Labute approximate surface area is 69.1 Å². The van der Waals surface area contributed by atoms with Crippen LogP contribution in [0.4, 0.5) is 0 Å². The van der Waals surface area contributed by atoms with Crippen molar-refractivity contribution >= 4 is 6.29 Å². The van der Waals surface area contributed by atoms with E-state index >= 15 is 0 Å². The summed E-state index contributed by atoms with van der Waals surface area (Å²) >= 11 is 0. The molecule has 1 aliphatic carbocycles. The molecule has 2 unspecified atom stereocenters. The van der Waals surface area contributed by atoms with Crippen LogP contribution in [-0.4, -0.2) is 29.9 Å². The summed E-state index contributed by atoms with van der Waals surface area (Å²) in [7, 11) is 1.42. The van der Waals surface area contributed by atoms with E-state index in [9.17, 15) is 4.79 Å². The SMILES string of the molecule is COC12C=C(O)C=CC1(C=O)O2. The van der Waals surface area contributed by atoms with Crippen molar-refractivity contribution in [3.63, 3.8) is 0 Å². The number of methoxy groups -OCH3 is 1. The van der Waals surface area contributed by atoms with Gasteiger partial charge in [0.25, 0.3) is 0 Å². The Morgan fingerprint density at radius 3 is 3.08 bits per heavy atom. The summed E-state index contributed by atoms with van der Waals surface area (Å²) in [6.07, 6.45) is 4.94. The van der Waals surface area contributed by atoms with E-state index in [0.29, 0.717) is 6.29 Å². The van der Waals surface area contributed by atoms with E-state index in [1.165, 1.54) is 25.3 Å². The molecule has 2 aliphatic rings. The van der Waals surface area contributed by atoms with Crippen LogP contribution >= 0.6 is 0 Å². The van der Waals surface area contributed by atoms with Crippen LogP contribution in [-0.2, 0) is 14.3 Å². The third-order valence-electron chi connectivity index (χ3n) is 2.14. The van der Waals surface area contributed by atoms with Gasteiger partial charge in [0, 0.05) is 13.2 Å². The van der Waals surface area contributed by atoms with Crippen molar-refractivity contribution in [2.24, 2.45) is 0 Å². The normalized spacial score (nSPS) is 43.2. The molecule has 0 bridgehead atoms. The molecule has 1 fully saturated rings. The van der Waals surface area contributed by atoms with Crippen LogP contribution in [0.1, 0.15) is 0 Å². The second-order valence-electron chi connectivity index (χ2n) is 2.79. The van der Waals surface area contributed by atoms with Gasteiger partial charge in [-0.1, -0.05) is 0 Å². The third kappa shape index (κ3) is 0.659.